The molecule has 3 atom stereocenters. The molecule has 3 unspecified atom stereocenters. The quantitative estimate of drug-likeness (QED) is 0.0248. The van der Waals surface area contributed by atoms with Gasteiger partial charge in [0.1, 0.15) is 6.10 Å². The molecule has 0 rings (SSSR count). The van der Waals surface area contributed by atoms with E-state index in [-0.39, 0.29) is 24.9 Å². The number of rotatable bonds is 41. The van der Waals surface area contributed by atoms with E-state index in [9.17, 15) is 19.8 Å². The van der Waals surface area contributed by atoms with E-state index in [0.717, 1.165) is 57.8 Å². The van der Waals surface area contributed by atoms with Gasteiger partial charge in [-0.05, 0) is 44.9 Å². The van der Waals surface area contributed by atoms with Crippen LogP contribution >= 0.6 is 0 Å². The van der Waals surface area contributed by atoms with Crippen molar-refractivity contribution in [3.8, 4) is 0 Å². The predicted octanol–water partition coefficient (Wildman–Crippen LogP) is 13.8. The molecule has 0 aromatic carbocycles. The zero-order valence-corrected chi connectivity index (χ0v) is 37.2. The summed E-state index contributed by atoms with van der Waals surface area (Å²) in [6.07, 6.45) is 55.6. The number of carbonyl (C=O) groups excluding carboxylic acids is 2. The first-order valence-electron chi connectivity index (χ1n) is 23.7. The molecular formula is C51H89NO5. The van der Waals surface area contributed by atoms with Crippen LogP contribution in [-0.2, 0) is 14.3 Å². The predicted molar refractivity (Wildman–Crippen MR) is 245 cm³/mol. The Kier molecular flexibility index (Phi) is 42.3. The summed E-state index contributed by atoms with van der Waals surface area (Å²) in [5, 5.41) is 23.6. The molecule has 0 aliphatic rings. The van der Waals surface area contributed by atoms with Crippen LogP contribution in [0.3, 0.4) is 0 Å². The Hall–Kier alpha value is -2.70. The number of allylic oxidation sites excluding steroid dienone is 11. The van der Waals surface area contributed by atoms with Crippen LogP contribution in [0.1, 0.15) is 213 Å². The van der Waals surface area contributed by atoms with Crippen LogP contribution in [0.5, 0.6) is 0 Å². The zero-order valence-electron chi connectivity index (χ0n) is 37.2. The number of aliphatic hydroxyl groups is 2. The van der Waals surface area contributed by atoms with Gasteiger partial charge in [-0.1, -0.05) is 222 Å². The first-order valence-corrected chi connectivity index (χ1v) is 23.7. The van der Waals surface area contributed by atoms with Crippen LogP contribution in [0.2, 0.25) is 0 Å². The third-order valence-corrected chi connectivity index (χ3v) is 10.4. The van der Waals surface area contributed by atoms with E-state index in [1.807, 2.05) is 54.7 Å². The van der Waals surface area contributed by atoms with Crippen molar-refractivity contribution < 1.29 is 24.5 Å². The largest absolute Gasteiger partial charge is 0.461 e. The summed E-state index contributed by atoms with van der Waals surface area (Å²) >= 11 is 0. The van der Waals surface area contributed by atoms with Gasteiger partial charge in [-0.3, -0.25) is 9.59 Å². The number of ether oxygens (including phenoxy) is 1. The van der Waals surface area contributed by atoms with Gasteiger partial charge >= 0.3 is 5.97 Å². The van der Waals surface area contributed by atoms with Gasteiger partial charge in [0, 0.05) is 12.8 Å². The molecule has 57 heavy (non-hydrogen) atoms. The number of hydrogen-bond acceptors (Lipinski definition) is 5. The van der Waals surface area contributed by atoms with Crippen LogP contribution in [0, 0.1) is 0 Å². The fourth-order valence-corrected chi connectivity index (χ4v) is 6.80. The van der Waals surface area contributed by atoms with Crippen LogP contribution < -0.4 is 5.32 Å². The van der Waals surface area contributed by atoms with Gasteiger partial charge in [0.25, 0.3) is 0 Å². The number of unbranched alkanes of at least 4 members (excludes halogenated alkanes) is 22. The highest BCUT2D eigenvalue weighted by atomic mass is 16.5. The summed E-state index contributed by atoms with van der Waals surface area (Å²) in [6, 6.07) is -0.742. The molecule has 0 radical (unpaired) electrons. The summed E-state index contributed by atoms with van der Waals surface area (Å²) in [6.45, 7) is 6.26. The van der Waals surface area contributed by atoms with E-state index in [1.165, 1.54) is 109 Å². The summed E-state index contributed by atoms with van der Waals surface area (Å²) in [4.78, 5) is 25.9. The molecule has 0 bridgehead atoms. The Morgan fingerprint density at radius 3 is 1.51 bits per heavy atom. The topological polar surface area (TPSA) is 95.9 Å². The van der Waals surface area contributed by atoms with Crippen LogP contribution in [0.15, 0.2) is 72.9 Å². The highest BCUT2D eigenvalue weighted by Gasteiger charge is 2.23. The lowest BCUT2D eigenvalue weighted by Crippen LogP contribution is -2.46. The number of hydrogen-bond donors (Lipinski definition) is 3. The fourth-order valence-electron chi connectivity index (χ4n) is 6.80. The molecule has 1 amide bonds. The van der Waals surface area contributed by atoms with Crippen molar-refractivity contribution >= 4 is 11.9 Å². The maximum atomic E-state index is 13.1. The monoisotopic (exact) mass is 796 g/mol. The molecule has 0 aliphatic heterocycles. The average molecular weight is 796 g/mol. The second-order valence-electron chi connectivity index (χ2n) is 15.9. The number of nitrogens with one attached hydrogen (secondary N) is 1. The molecule has 6 heteroatoms. The minimum atomic E-state index is -0.820. The summed E-state index contributed by atoms with van der Waals surface area (Å²) < 4.78 is 5.81. The van der Waals surface area contributed by atoms with E-state index < -0.39 is 18.2 Å². The van der Waals surface area contributed by atoms with E-state index in [4.69, 9.17) is 4.74 Å². The lowest BCUT2D eigenvalue weighted by Gasteiger charge is -2.24. The maximum absolute atomic E-state index is 13.1. The molecule has 0 aliphatic carbocycles. The van der Waals surface area contributed by atoms with Gasteiger partial charge < -0.3 is 20.3 Å². The Labute approximate surface area is 351 Å². The van der Waals surface area contributed by atoms with Gasteiger partial charge in [-0.15, -0.1) is 0 Å². The lowest BCUT2D eigenvalue weighted by atomic mass is 10.0. The van der Waals surface area contributed by atoms with E-state index >= 15 is 0 Å². The average Bonchev–Trinajstić information content (AvgIpc) is 3.20. The third-order valence-electron chi connectivity index (χ3n) is 10.4. The first kappa shape index (κ1) is 54.3. The first-order chi connectivity index (χ1) is 28.0. The van der Waals surface area contributed by atoms with Crippen LogP contribution in [0.25, 0.3) is 0 Å². The van der Waals surface area contributed by atoms with Crippen molar-refractivity contribution in [3.63, 3.8) is 0 Å². The van der Waals surface area contributed by atoms with Crippen molar-refractivity contribution in [2.45, 2.75) is 232 Å². The fraction of sp³-hybridized carbons (Fsp3) is 0.725. The third kappa shape index (κ3) is 39.9. The molecule has 0 saturated heterocycles. The molecule has 0 fully saturated rings. The number of amides is 1. The highest BCUT2D eigenvalue weighted by Crippen LogP contribution is 2.16. The number of carbonyl (C=O) groups is 2. The molecule has 0 saturated carbocycles. The Bertz CT molecular complexity index is 1070. The molecular weight excluding hydrogens is 707 g/mol. The summed E-state index contributed by atoms with van der Waals surface area (Å²) in [7, 11) is 0. The lowest BCUT2D eigenvalue weighted by molar-refractivity contribution is -0.150. The van der Waals surface area contributed by atoms with Crippen LogP contribution in [0.4, 0.5) is 0 Å². The van der Waals surface area contributed by atoms with E-state index in [1.54, 1.807) is 0 Å². The molecule has 0 spiro atoms. The maximum Gasteiger partial charge on any atom is 0.306 e. The van der Waals surface area contributed by atoms with Gasteiger partial charge in [0.2, 0.25) is 5.91 Å². The Morgan fingerprint density at radius 2 is 0.982 bits per heavy atom. The zero-order chi connectivity index (χ0) is 41.7. The second kappa shape index (κ2) is 44.4. The van der Waals surface area contributed by atoms with Crippen molar-refractivity contribution in [2.75, 3.05) is 6.61 Å². The summed E-state index contributed by atoms with van der Waals surface area (Å²) in [5.41, 5.74) is 0. The van der Waals surface area contributed by atoms with Gasteiger partial charge in [0.15, 0.2) is 0 Å². The normalized spacial score (nSPS) is 14.0. The minimum Gasteiger partial charge on any atom is -0.461 e. The van der Waals surface area contributed by atoms with Crippen molar-refractivity contribution in [3.05, 3.63) is 72.9 Å². The van der Waals surface area contributed by atoms with Gasteiger partial charge in [0.05, 0.1) is 25.2 Å². The Balaban J connectivity index is 4.67. The Morgan fingerprint density at radius 1 is 0.544 bits per heavy atom. The smallest absolute Gasteiger partial charge is 0.306 e. The van der Waals surface area contributed by atoms with E-state index in [0.29, 0.717) is 19.3 Å². The van der Waals surface area contributed by atoms with Crippen molar-refractivity contribution in [2.24, 2.45) is 0 Å². The summed E-state index contributed by atoms with van der Waals surface area (Å²) in [5.74, 6) is -0.622. The van der Waals surface area contributed by atoms with Crippen LogP contribution in [-0.4, -0.2) is 46.9 Å². The molecule has 3 N–H and O–H groups in total. The molecule has 328 valence electrons. The second-order valence-corrected chi connectivity index (χ2v) is 15.9. The van der Waals surface area contributed by atoms with Gasteiger partial charge in [-0.25, -0.2) is 0 Å². The van der Waals surface area contributed by atoms with Gasteiger partial charge in [-0.2, -0.15) is 0 Å². The van der Waals surface area contributed by atoms with Crippen molar-refractivity contribution in [1.82, 2.24) is 5.32 Å². The number of esters is 1. The van der Waals surface area contributed by atoms with E-state index in [2.05, 4.69) is 44.3 Å². The SMILES string of the molecule is CC/C=C/C=C/C=C\C=C/C=C/CC(CC(=O)NC(CO)C(O)CCCCCCCCCCCCCCCCC)OC(=O)CCCCCCC/C=C\CCCCC. The standard InChI is InChI=1S/C51H89NO5/c1-4-7-10-13-16-19-22-24-25-26-28-31-34-37-40-43-49(54)48(46-53)52-50(55)45-47(42-39-36-33-30-27-21-18-15-12-9-6-3)57-51(56)44-41-38-35-32-29-23-20-17-14-11-8-5-2/h9,12,15,17-18,20-21,27,30,33,36,39,47-49,53-54H,4-8,10-11,13-14,16,19,22-26,28-29,31-32,34-35,37-38,40-46H2,1-3H3,(H,52,55)/b12-9+,18-15+,20-17-,27-21-,33-30-,39-36+. The molecule has 0 aromatic rings. The van der Waals surface area contributed by atoms with Crippen molar-refractivity contribution in [1.29, 1.82) is 0 Å². The highest BCUT2D eigenvalue weighted by molar-refractivity contribution is 5.77. The molecule has 6 nitrogen and oxygen atoms in total. The molecule has 0 aromatic heterocycles. The molecule has 0 heterocycles. The minimum absolute atomic E-state index is 0.0239. The number of aliphatic hydroxyl groups excluding tert-OH is 2.